The van der Waals surface area contributed by atoms with Gasteiger partial charge in [0.05, 0.1) is 16.8 Å². The van der Waals surface area contributed by atoms with E-state index in [-0.39, 0.29) is 35.2 Å². The fourth-order valence-corrected chi connectivity index (χ4v) is 5.21. The van der Waals surface area contributed by atoms with Gasteiger partial charge in [0.25, 0.3) is 5.91 Å². The van der Waals surface area contributed by atoms with Gasteiger partial charge in [-0.05, 0) is 74.2 Å². The average Bonchev–Trinajstić information content (AvgIpc) is 3.05. The predicted molar refractivity (Wildman–Crippen MR) is 147 cm³/mol. The van der Waals surface area contributed by atoms with Crippen LogP contribution in [-0.4, -0.2) is 35.8 Å². The Kier molecular flexibility index (Phi) is 9.38. The molecule has 4 rings (SSSR count). The monoisotopic (exact) mass is 625 g/mol. The van der Waals surface area contributed by atoms with Crippen molar-refractivity contribution in [2.45, 2.75) is 57.4 Å². The van der Waals surface area contributed by atoms with Crippen LogP contribution in [0.4, 0.5) is 32.0 Å². The van der Waals surface area contributed by atoms with Crippen LogP contribution in [-0.2, 0) is 28.6 Å². The highest BCUT2D eigenvalue weighted by atomic mass is 35.5. The Morgan fingerprint density at radius 3 is 2.37 bits per heavy atom. The summed E-state index contributed by atoms with van der Waals surface area (Å²) in [7, 11) is 0. The number of amides is 3. The van der Waals surface area contributed by atoms with E-state index in [1.165, 1.54) is 29.2 Å². The van der Waals surface area contributed by atoms with Gasteiger partial charge < -0.3 is 15.5 Å². The van der Waals surface area contributed by atoms with Crippen molar-refractivity contribution in [2.75, 3.05) is 4.90 Å². The molecule has 0 unspecified atom stereocenters. The van der Waals surface area contributed by atoms with E-state index in [2.05, 4.69) is 10.6 Å². The number of halogens is 7. The topological polar surface area (TPSA) is 78.5 Å². The fourth-order valence-electron chi connectivity index (χ4n) is 4.98. The maximum atomic E-state index is 15.0. The van der Waals surface area contributed by atoms with Gasteiger partial charge in [0.15, 0.2) is 0 Å². The molecule has 13 heteroatoms. The minimum atomic E-state index is -5.10. The first-order chi connectivity index (χ1) is 20.2. The maximum absolute atomic E-state index is 15.0. The first-order valence-corrected chi connectivity index (χ1v) is 13.6. The van der Waals surface area contributed by atoms with Crippen LogP contribution in [0.15, 0.2) is 54.6 Å². The van der Waals surface area contributed by atoms with E-state index in [1.54, 1.807) is 13.8 Å². The zero-order valence-corrected chi connectivity index (χ0v) is 23.6. The summed E-state index contributed by atoms with van der Waals surface area (Å²) in [6.45, 7) is 3.28. The molecule has 228 valence electrons. The maximum Gasteiger partial charge on any atom is 0.417 e. The Labute approximate surface area is 248 Å². The van der Waals surface area contributed by atoms with E-state index >= 15 is 0 Å². The molecule has 0 saturated heterocycles. The number of anilines is 1. The summed E-state index contributed by atoms with van der Waals surface area (Å²) < 4.78 is 83.9. The molecule has 43 heavy (non-hydrogen) atoms. The van der Waals surface area contributed by atoms with Crippen molar-refractivity contribution in [3.63, 3.8) is 0 Å². The van der Waals surface area contributed by atoms with Crippen molar-refractivity contribution < 1.29 is 40.7 Å². The van der Waals surface area contributed by atoms with Gasteiger partial charge in [-0.15, -0.1) is 0 Å². The standard InChI is InChI=1S/C30H26ClF6N3O3/c1-15(2)40-26-17(11-18(31)13-23(26)34)7-10-24(29(40)43)38-28(42)25(12-16-5-3-4-6-22(16)33)39-27(41)20-9-8-19(32)14-21(20)30(35,36)37/h3-6,8-9,11,13-15,24-25H,7,10,12H2,1-2H3,(H,38,42)(H,39,41)/t24-,25-/m1/s1. The third-order valence-electron chi connectivity index (χ3n) is 6.95. The molecule has 2 N–H and O–H groups in total. The summed E-state index contributed by atoms with van der Waals surface area (Å²) in [5.41, 5.74) is -2.14. The van der Waals surface area contributed by atoms with Gasteiger partial charge in [0.2, 0.25) is 11.8 Å². The number of aryl methyl sites for hydroxylation is 1. The van der Waals surface area contributed by atoms with E-state index in [9.17, 15) is 40.7 Å². The van der Waals surface area contributed by atoms with Gasteiger partial charge in [-0.1, -0.05) is 29.8 Å². The Balaban J connectivity index is 1.66. The molecule has 1 aliphatic rings. The van der Waals surface area contributed by atoms with Gasteiger partial charge in [-0.2, -0.15) is 13.2 Å². The number of fused-ring (bicyclic) bond motifs is 1. The van der Waals surface area contributed by atoms with E-state index in [0.29, 0.717) is 17.7 Å². The van der Waals surface area contributed by atoms with E-state index in [4.69, 9.17) is 11.6 Å². The number of carbonyl (C=O) groups is 3. The largest absolute Gasteiger partial charge is 0.417 e. The first-order valence-electron chi connectivity index (χ1n) is 13.2. The molecule has 1 aliphatic heterocycles. The second-order valence-electron chi connectivity index (χ2n) is 10.3. The smallest absolute Gasteiger partial charge is 0.342 e. The molecule has 3 amide bonds. The molecule has 6 nitrogen and oxygen atoms in total. The van der Waals surface area contributed by atoms with Crippen LogP contribution in [0.3, 0.4) is 0 Å². The highest BCUT2D eigenvalue weighted by Gasteiger charge is 2.38. The summed E-state index contributed by atoms with van der Waals surface area (Å²) in [6.07, 6.45) is -5.47. The number of hydrogen-bond acceptors (Lipinski definition) is 3. The zero-order valence-electron chi connectivity index (χ0n) is 22.9. The first kappa shape index (κ1) is 31.9. The summed E-state index contributed by atoms with van der Waals surface area (Å²) in [6, 6.07) is 5.81. The van der Waals surface area contributed by atoms with E-state index < -0.39 is 77.0 Å². The normalized spacial score (nSPS) is 16.0. The van der Waals surface area contributed by atoms with Crippen LogP contribution < -0.4 is 15.5 Å². The molecule has 0 fully saturated rings. The Hall–Kier alpha value is -4.06. The number of nitrogens with one attached hydrogen (secondary N) is 2. The lowest BCUT2D eigenvalue weighted by Gasteiger charge is -2.30. The van der Waals surface area contributed by atoms with Gasteiger partial charge in [0.1, 0.15) is 29.5 Å². The van der Waals surface area contributed by atoms with Gasteiger partial charge in [0, 0.05) is 17.5 Å². The number of nitrogens with zero attached hydrogens (tertiary/aromatic N) is 1. The van der Waals surface area contributed by atoms with Crippen molar-refractivity contribution >= 4 is 35.0 Å². The van der Waals surface area contributed by atoms with Crippen LogP contribution in [0.25, 0.3) is 0 Å². The third-order valence-corrected chi connectivity index (χ3v) is 7.17. The molecular formula is C30H26ClF6N3O3. The molecule has 0 spiro atoms. The molecule has 0 aliphatic carbocycles. The van der Waals surface area contributed by atoms with Crippen molar-refractivity contribution in [1.82, 2.24) is 10.6 Å². The van der Waals surface area contributed by atoms with Gasteiger partial charge >= 0.3 is 6.18 Å². The number of rotatable bonds is 7. The zero-order chi connectivity index (χ0) is 31.6. The van der Waals surface area contributed by atoms with E-state index in [0.717, 1.165) is 12.1 Å². The van der Waals surface area contributed by atoms with Crippen LogP contribution in [0.2, 0.25) is 5.02 Å². The van der Waals surface area contributed by atoms with Crippen LogP contribution >= 0.6 is 11.6 Å². The lowest BCUT2D eigenvalue weighted by Crippen LogP contribution is -2.55. The van der Waals surface area contributed by atoms with Crippen LogP contribution in [0, 0.1) is 17.5 Å². The van der Waals surface area contributed by atoms with E-state index in [1.807, 2.05) is 0 Å². The van der Waals surface area contributed by atoms with Gasteiger partial charge in [-0.25, -0.2) is 13.2 Å². The van der Waals surface area contributed by atoms with Crippen LogP contribution in [0.5, 0.6) is 0 Å². The Morgan fingerprint density at radius 1 is 1.02 bits per heavy atom. The quantitative estimate of drug-likeness (QED) is 0.317. The molecule has 3 aromatic carbocycles. The lowest BCUT2D eigenvalue weighted by molar-refractivity contribution is -0.138. The average molecular weight is 626 g/mol. The lowest BCUT2D eigenvalue weighted by atomic mass is 10.0. The third kappa shape index (κ3) is 7.12. The van der Waals surface area contributed by atoms with Gasteiger partial charge in [-0.3, -0.25) is 14.4 Å². The second kappa shape index (κ2) is 12.7. The highest BCUT2D eigenvalue weighted by molar-refractivity contribution is 6.30. The predicted octanol–water partition coefficient (Wildman–Crippen LogP) is 5.99. The van der Waals surface area contributed by atoms with Crippen LogP contribution in [0.1, 0.15) is 47.3 Å². The molecule has 3 aromatic rings. The molecule has 0 bridgehead atoms. The molecular weight excluding hydrogens is 600 g/mol. The Bertz CT molecular complexity index is 1560. The minimum absolute atomic E-state index is 0.00285. The molecule has 0 aromatic heterocycles. The molecule has 0 radical (unpaired) electrons. The Morgan fingerprint density at radius 2 is 1.72 bits per heavy atom. The summed E-state index contributed by atoms with van der Waals surface area (Å²) in [5.74, 6) is -5.75. The molecule has 0 saturated carbocycles. The summed E-state index contributed by atoms with van der Waals surface area (Å²) in [5, 5.41) is 4.81. The number of carbonyl (C=O) groups excluding carboxylic acids is 3. The minimum Gasteiger partial charge on any atom is -0.342 e. The molecule has 1 heterocycles. The highest BCUT2D eigenvalue weighted by Crippen LogP contribution is 2.35. The molecule has 2 atom stereocenters. The number of alkyl halides is 3. The SMILES string of the molecule is CC(C)N1C(=O)[C@H](NC(=O)[C@@H](Cc2ccccc2F)NC(=O)c2ccc(F)cc2C(F)(F)F)CCc2cc(Cl)cc(F)c21. The number of hydrogen-bond donors (Lipinski definition) is 2. The summed E-state index contributed by atoms with van der Waals surface area (Å²) in [4.78, 5) is 41.4. The van der Waals surface area contributed by atoms with Crippen molar-refractivity contribution in [3.8, 4) is 0 Å². The van der Waals surface area contributed by atoms with Crippen molar-refractivity contribution in [2.24, 2.45) is 0 Å². The second-order valence-corrected chi connectivity index (χ2v) is 10.7. The summed E-state index contributed by atoms with van der Waals surface area (Å²) >= 11 is 6.02. The fraction of sp³-hybridized carbons (Fsp3) is 0.300. The van der Waals surface area contributed by atoms with Crippen molar-refractivity contribution in [3.05, 3.63) is 99.3 Å². The number of benzene rings is 3. The van der Waals surface area contributed by atoms with Crippen molar-refractivity contribution in [1.29, 1.82) is 0 Å².